The molecule has 12 heavy (non-hydrogen) atoms. The van der Waals surface area contributed by atoms with Crippen molar-refractivity contribution in [3.05, 3.63) is 0 Å². The lowest BCUT2D eigenvalue weighted by Crippen LogP contribution is -2.31. The Hall–Kier alpha value is -0.860. The summed E-state index contributed by atoms with van der Waals surface area (Å²) in [6.07, 6.45) is 0. The van der Waals surface area contributed by atoms with Gasteiger partial charge in [-0.05, 0) is 6.92 Å². The van der Waals surface area contributed by atoms with Gasteiger partial charge in [-0.2, -0.15) is 0 Å². The summed E-state index contributed by atoms with van der Waals surface area (Å²) >= 11 is 0. The third-order valence-electron chi connectivity index (χ3n) is 1.04. The predicted octanol–water partition coefficient (Wildman–Crippen LogP) is 1.37. The van der Waals surface area contributed by atoms with Crippen molar-refractivity contribution in [2.24, 2.45) is 5.92 Å². The van der Waals surface area contributed by atoms with E-state index in [2.05, 4.69) is 5.32 Å². The molecule has 0 unspecified atom stereocenters. The van der Waals surface area contributed by atoms with Crippen molar-refractivity contribution in [2.75, 3.05) is 6.54 Å². The zero-order valence-corrected chi connectivity index (χ0v) is 8.60. The summed E-state index contributed by atoms with van der Waals surface area (Å²) in [5.41, 5.74) is 0. The third-order valence-corrected chi connectivity index (χ3v) is 1.04. The summed E-state index contributed by atoms with van der Waals surface area (Å²) in [6, 6.07) is 0. The van der Waals surface area contributed by atoms with Crippen LogP contribution >= 0.6 is 0 Å². The van der Waals surface area contributed by atoms with Gasteiger partial charge in [0.05, 0.1) is 6.54 Å². The Balaban J connectivity index is 0. The first kappa shape index (κ1) is 13.7. The van der Waals surface area contributed by atoms with Gasteiger partial charge >= 0.3 is 0 Å². The van der Waals surface area contributed by atoms with Crippen LogP contribution in [-0.2, 0) is 9.59 Å². The minimum absolute atomic E-state index is 0.0194. The summed E-state index contributed by atoms with van der Waals surface area (Å²) in [7, 11) is 0. The molecule has 0 aromatic rings. The molecule has 0 aliphatic rings. The fourth-order valence-corrected chi connectivity index (χ4v) is 0.416. The normalized spacial score (nSPS) is 8.50. The summed E-state index contributed by atoms with van der Waals surface area (Å²) in [4.78, 5) is 21.1. The molecule has 0 aliphatic carbocycles. The lowest BCUT2D eigenvalue weighted by atomic mass is 10.2. The molecule has 0 aromatic heterocycles. The molecule has 0 heterocycles. The number of amides is 1. The van der Waals surface area contributed by atoms with Crippen molar-refractivity contribution >= 4 is 11.7 Å². The van der Waals surface area contributed by atoms with Crippen molar-refractivity contribution in [3.63, 3.8) is 0 Å². The number of carbonyl (C=O) groups excluding carboxylic acids is 2. The Kier molecular flexibility index (Phi) is 9.41. The number of nitrogens with one attached hydrogen (secondary N) is 1. The van der Waals surface area contributed by atoms with Crippen LogP contribution in [0.3, 0.4) is 0 Å². The molecule has 0 bridgehead atoms. The van der Waals surface area contributed by atoms with E-state index in [1.54, 1.807) is 13.8 Å². The van der Waals surface area contributed by atoms with Gasteiger partial charge in [0, 0.05) is 5.92 Å². The van der Waals surface area contributed by atoms with Crippen molar-refractivity contribution in [3.8, 4) is 0 Å². The van der Waals surface area contributed by atoms with E-state index >= 15 is 0 Å². The Labute approximate surface area is 74.5 Å². The Bertz CT molecular complexity index is 141. The highest BCUT2D eigenvalue weighted by Crippen LogP contribution is 1.89. The maximum atomic E-state index is 10.8. The fraction of sp³-hybridized carbons (Fsp3) is 0.778. The van der Waals surface area contributed by atoms with Gasteiger partial charge in [0.15, 0.2) is 0 Å². The number of hydrogen-bond acceptors (Lipinski definition) is 2. The number of ketones is 1. The number of hydrogen-bond donors (Lipinski definition) is 1. The summed E-state index contributed by atoms with van der Waals surface area (Å²) in [5, 5.41) is 2.49. The maximum Gasteiger partial charge on any atom is 0.222 e. The maximum absolute atomic E-state index is 10.8. The Morgan fingerprint density at radius 1 is 1.25 bits per heavy atom. The molecule has 1 N–H and O–H groups in total. The topological polar surface area (TPSA) is 46.2 Å². The van der Waals surface area contributed by atoms with E-state index in [4.69, 9.17) is 0 Å². The molecule has 0 radical (unpaired) electrons. The molecule has 0 saturated heterocycles. The predicted molar refractivity (Wildman–Crippen MR) is 49.9 cm³/mol. The molecule has 3 nitrogen and oxygen atoms in total. The van der Waals surface area contributed by atoms with Gasteiger partial charge in [0.2, 0.25) is 5.91 Å². The van der Waals surface area contributed by atoms with E-state index in [9.17, 15) is 9.59 Å². The molecule has 0 spiro atoms. The van der Waals surface area contributed by atoms with Gasteiger partial charge in [-0.1, -0.05) is 27.7 Å². The zero-order valence-electron chi connectivity index (χ0n) is 8.60. The molecule has 0 aliphatic heterocycles. The molecular formula is C9H19NO2. The first-order valence-electron chi connectivity index (χ1n) is 4.31. The Morgan fingerprint density at radius 3 is 1.92 bits per heavy atom. The minimum Gasteiger partial charge on any atom is -0.349 e. The van der Waals surface area contributed by atoms with Crippen LogP contribution in [0.25, 0.3) is 0 Å². The average molecular weight is 173 g/mol. The van der Waals surface area contributed by atoms with Crippen LogP contribution in [0.2, 0.25) is 0 Å². The highest BCUT2D eigenvalue weighted by Gasteiger charge is 2.05. The van der Waals surface area contributed by atoms with Crippen LogP contribution in [0.4, 0.5) is 0 Å². The largest absolute Gasteiger partial charge is 0.349 e. The van der Waals surface area contributed by atoms with E-state index in [1.807, 2.05) is 13.8 Å². The highest BCUT2D eigenvalue weighted by molar-refractivity contribution is 5.85. The van der Waals surface area contributed by atoms with Gasteiger partial charge in [-0.3, -0.25) is 9.59 Å². The molecule has 0 atom stereocenters. The smallest absolute Gasteiger partial charge is 0.222 e. The van der Waals surface area contributed by atoms with E-state index in [0.29, 0.717) is 0 Å². The molecule has 0 saturated carbocycles. The SMILES string of the molecule is CC.CC(=O)CNC(=O)C(C)C. The highest BCUT2D eigenvalue weighted by atomic mass is 16.2. The van der Waals surface area contributed by atoms with Gasteiger partial charge in [0.25, 0.3) is 0 Å². The molecule has 0 fully saturated rings. The lowest BCUT2D eigenvalue weighted by molar-refractivity contribution is -0.126. The molecule has 0 rings (SSSR count). The van der Waals surface area contributed by atoms with Gasteiger partial charge in [0.1, 0.15) is 5.78 Å². The second kappa shape index (κ2) is 8.24. The Morgan fingerprint density at radius 2 is 1.67 bits per heavy atom. The molecule has 72 valence electrons. The van der Waals surface area contributed by atoms with Crippen LogP contribution in [0, 0.1) is 5.92 Å². The van der Waals surface area contributed by atoms with Crippen LogP contribution in [-0.4, -0.2) is 18.2 Å². The van der Waals surface area contributed by atoms with Gasteiger partial charge in [-0.25, -0.2) is 0 Å². The molecule has 3 heteroatoms. The van der Waals surface area contributed by atoms with Crippen molar-refractivity contribution in [1.29, 1.82) is 0 Å². The average Bonchev–Trinajstić information content (AvgIpc) is 2.03. The van der Waals surface area contributed by atoms with Crippen LogP contribution in [0.5, 0.6) is 0 Å². The van der Waals surface area contributed by atoms with Crippen LogP contribution in [0.15, 0.2) is 0 Å². The van der Waals surface area contributed by atoms with Crippen molar-refractivity contribution in [1.82, 2.24) is 5.32 Å². The summed E-state index contributed by atoms with van der Waals surface area (Å²) in [5.74, 6) is -0.136. The van der Waals surface area contributed by atoms with Crippen molar-refractivity contribution in [2.45, 2.75) is 34.6 Å². The first-order chi connectivity index (χ1) is 5.54. The van der Waals surface area contributed by atoms with Crippen LogP contribution < -0.4 is 5.32 Å². The van der Waals surface area contributed by atoms with Crippen molar-refractivity contribution < 1.29 is 9.59 Å². The fourth-order valence-electron chi connectivity index (χ4n) is 0.416. The van der Waals surface area contributed by atoms with E-state index < -0.39 is 0 Å². The first-order valence-corrected chi connectivity index (χ1v) is 4.31. The molecule has 0 aromatic carbocycles. The molecular weight excluding hydrogens is 154 g/mol. The second-order valence-corrected chi connectivity index (χ2v) is 2.57. The summed E-state index contributed by atoms with van der Waals surface area (Å²) in [6.45, 7) is 9.17. The number of carbonyl (C=O) groups is 2. The van der Waals surface area contributed by atoms with E-state index in [-0.39, 0.29) is 24.2 Å². The van der Waals surface area contributed by atoms with E-state index in [0.717, 1.165) is 0 Å². The number of Topliss-reactive ketones (excluding diaryl/α,β-unsaturated/α-hetero) is 1. The zero-order chi connectivity index (χ0) is 10.1. The second-order valence-electron chi connectivity index (χ2n) is 2.57. The minimum atomic E-state index is -0.0739. The van der Waals surface area contributed by atoms with E-state index in [1.165, 1.54) is 6.92 Å². The molecule has 1 amide bonds. The summed E-state index contributed by atoms with van der Waals surface area (Å²) < 4.78 is 0. The lowest BCUT2D eigenvalue weighted by Gasteiger charge is -2.03. The van der Waals surface area contributed by atoms with Gasteiger partial charge in [-0.15, -0.1) is 0 Å². The standard InChI is InChI=1S/C7H13NO2.C2H6/c1-5(2)7(10)8-4-6(3)9;1-2/h5H,4H2,1-3H3,(H,8,10);1-2H3. The third kappa shape index (κ3) is 9.14. The number of rotatable bonds is 3. The van der Waals surface area contributed by atoms with Gasteiger partial charge < -0.3 is 5.32 Å². The monoisotopic (exact) mass is 173 g/mol. The van der Waals surface area contributed by atoms with Crippen LogP contribution in [0.1, 0.15) is 34.6 Å². The quantitative estimate of drug-likeness (QED) is 0.700.